The third-order valence-electron chi connectivity index (χ3n) is 2.46. The number of pyridine rings is 1. The molecule has 0 aliphatic heterocycles. The summed E-state index contributed by atoms with van der Waals surface area (Å²) in [5.74, 6) is -0.492. The van der Waals surface area contributed by atoms with Crippen molar-refractivity contribution in [1.82, 2.24) is 4.98 Å². The van der Waals surface area contributed by atoms with Gasteiger partial charge >= 0.3 is 0 Å². The number of aromatic nitrogens is 1. The third-order valence-corrected chi connectivity index (χ3v) is 2.69. The highest BCUT2D eigenvalue weighted by Gasteiger charge is 2.06. The summed E-state index contributed by atoms with van der Waals surface area (Å²) >= 11 is 5.92. The van der Waals surface area contributed by atoms with Crippen molar-refractivity contribution in [3.05, 3.63) is 59.1 Å². The van der Waals surface area contributed by atoms with Gasteiger partial charge in [-0.15, -0.1) is 0 Å². The molecule has 0 bridgehead atoms. The van der Waals surface area contributed by atoms with Gasteiger partial charge in [0.2, 0.25) is 5.95 Å². The minimum atomic E-state index is -0.492. The summed E-state index contributed by atoms with van der Waals surface area (Å²) in [5.41, 5.74) is 1.75. The van der Waals surface area contributed by atoms with Crippen molar-refractivity contribution in [3.8, 4) is 0 Å². The second-order valence-corrected chi connectivity index (χ2v) is 4.22. The van der Waals surface area contributed by atoms with Gasteiger partial charge in [0.25, 0.3) is 0 Å². The molecular weight excluding hydrogens is 239 g/mol. The Hall–Kier alpha value is -1.61. The van der Waals surface area contributed by atoms with Gasteiger partial charge in [-0.3, -0.25) is 0 Å². The van der Waals surface area contributed by atoms with Crippen LogP contribution >= 0.6 is 11.6 Å². The number of benzene rings is 1. The van der Waals surface area contributed by atoms with E-state index in [1.165, 1.54) is 12.3 Å². The Morgan fingerprint density at radius 1 is 1.29 bits per heavy atom. The zero-order chi connectivity index (χ0) is 12.3. The molecule has 0 saturated heterocycles. The van der Waals surface area contributed by atoms with Gasteiger partial charge in [0, 0.05) is 29.0 Å². The number of hydrogen-bond acceptors (Lipinski definition) is 2. The van der Waals surface area contributed by atoms with Crippen LogP contribution in [-0.2, 0) is 0 Å². The first-order chi connectivity index (χ1) is 8.15. The van der Waals surface area contributed by atoms with Crippen LogP contribution in [0.15, 0.2) is 42.6 Å². The van der Waals surface area contributed by atoms with E-state index in [9.17, 15) is 4.39 Å². The summed E-state index contributed by atoms with van der Waals surface area (Å²) in [6.45, 7) is 1.99. The molecule has 0 aliphatic rings. The zero-order valence-electron chi connectivity index (χ0n) is 9.32. The summed E-state index contributed by atoms with van der Waals surface area (Å²) in [6.07, 6.45) is 1.43. The summed E-state index contributed by atoms with van der Waals surface area (Å²) in [6, 6.07) is 10.7. The lowest BCUT2D eigenvalue weighted by Crippen LogP contribution is -2.06. The molecule has 1 N–H and O–H groups in total. The van der Waals surface area contributed by atoms with E-state index in [1.54, 1.807) is 6.07 Å². The lowest BCUT2D eigenvalue weighted by molar-refractivity contribution is 0.584. The normalized spacial score (nSPS) is 12.2. The van der Waals surface area contributed by atoms with Crippen molar-refractivity contribution in [1.29, 1.82) is 0 Å². The largest absolute Gasteiger partial charge is 0.378 e. The van der Waals surface area contributed by atoms with E-state index in [1.807, 2.05) is 31.2 Å². The van der Waals surface area contributed by atoms with Crippen LogP contribution in [0.5, 0.6) is 0 Å². The smallest absolute Gasteiger partial charge is 0.214 e. The highest BCUT2D eigenvalue weighted by Crippen LogP contribution is 2.21. The van der Waals surface area contributed by atoms with Crippen LogP contribution < -0.4 is 5.32 Å². The molecular formula is C13H12ClFN2. The molecule has 0 radical (unpaired) electrons. The van der Waals surface area contributed by atoms with E-state index < -0.39 is 5.95 Å². The van der Waals surface area contributed by atoms with Gasteiger partial charge in [-0.2, -0.15) is 4.39 Å². The Bertz CT molecular complexity index is 516. The molecule has 1 atom stereocenters. The highest BCUT2D eigenvalue weighted by atomic mass is 35.5. The predicted molar refractivity (Wildman–Crippen MR) is 67.7 cm³/mol. The lowest BCUT2D eigenvalue weighted by Gasteiger charge is -2.15. The number of nitrogens with one attached hydrogen (secondary N) is 1. The van der Waals surface area contributed by atoms with Crippen molar-refractivity contribution < 1.29 is 4.39 Å². The fraction of sp³-hybridized carbons (Fsp3) is 0.154. The zero-order valence-corrected chi connectivity index (χ0v) is 10.1. The Morgan fingerprint density at radius 2 is 2.12 bits per heavy atom. The van der Waals surface area contributed by atoms with Crippen LogP contribution in [-0.4, -0.2) is 4.98 Å². The number of nitrogens with zero attached hydrogens (tertiary/aromatic N) is 1. The molecule has 0 fully saturated rings. The number of rotatable bonds is 3. The second kappa shape index (κ2) is 5.15. The highest BCUT2D eigenvalue weighted by molar-refractivity contribution is 6.30. The SMILES string of the molecule is CC(Nc1ccnc(F)c1)c1cccc(Cl)c1. The standard InChI is InChI=1S/C13H12ClFN2/c1-9(10-3-2-4-11(14)7-10)17-12-5-6-16-13(15)8-12/h2-9H,1H3,(H,16,17). The van der Waals surface area contributed by atoms with Crippen LogP contribution in [0.2, 0.25) is 5.02 Å². The first kappa shape index (κ1) is 11.9. The van der Waals surface area contributed by atoms with Gasteiger partial charge in [0.15, 0.2) is 0 Å². The number of halogens is 2. The van der Waals surface area contributed by atoms with E-state index in [0.717, 1.165) is 5.56 Å². The molecule has 0 saturated carbocycles. The Kier molecular flexibility index (Phi) is 3.59. The van der Waals surface area contributed by atoms with Crippen molar-refractivity contribution in [3.63, 3.8) is 0 Å². The molecule has 1 heterocycles. The monoisotopic (exact) mass is 250 g/mol. The lowest BCUT2D eigenvalue weighted by atomic mass is 10.1. The van der Waals surface area contributed by atoms with E-state index in [-0.39, 0.29) is 6.04 Å². The van der Waals surface area contributed by atoms with Gasteiger partial charge in [-0.1, -0.05) is 23.7 Å². The summed E-state index contributed by atoms with van der Waals surface area (Å²) < 4.78 is 12.9. The van der Waals surface area contributed by atoms with E-state index in [4.69, 9.17) is 11.6 Å². The minimum Gasteiger partial charge on any atom is -0.378 e. The molecule has 2 nitrogen and oxygen atoms in total. The van der Waals surface area contributed by atoms with Gasteiger partial charge in [-0.05, 0) is 30.7 Å². The van der Waals surface area contributed by atoms with Crippen LogP contribution in [0, 0.1) is 5.95 Å². The molecule has 2 aromatic rings. The third kappa shape index (κ3) is 3.17. The Morgan fingerprint density at radius 3 is 2.82 bits per heavy atom. The summed E-state index contributed by atoms with van der Waals surface area (Å²) in [4.78, 5) is 3.51. The van der Waals surface area contributed by atoms with Crippen molar-refractivity contribution in [2.24, 2.45) is 0 Å². The van der Waals surface area contributed by atoms with E-state index in [2.05, 4.69) is 10.3 Å². The summed E-state index contributed by atoms with van der Waals surface area (Å²) in [5, 5.41) is 3.88. The van der Waals surface area contributed by atoms with Crippen LogP contribution in [0.1, 0.15) is 18.5 Å². The van der Waals surface area contributed by atoms with Crippen LogP contribution in [0.4, 0.5) is 10.1 Å². The summed E-state index contributed by atoms with van der Waals surface area (Å²) in [7, 11) is 0. The van der Waals surface area contributed by atoms with Gasteiger partial charge in [-0.25, -0.2) is 4.98 Å². The molecule has 4 heteroatoms. The fourth-order valence-corrected chi connectivity index (χ4v) is 1.80. The maximum absolute atomic E-state index is 12.9. The number of anilines is 1. The average molecular weight is 251 g/mol. The number of hydrogen-bond donors (Lipinski definition) is 1. The van der Waals surface area contributed by atoms with Crippen molar-refractivity contribution >= 4 is 17.3 Å². The molecule has 0 aliphatic carbocycles. The van der Waals surface area contributed by atoms with Crippen LogP contribution in [0.3, 0.4) is 0 Å². The molecule has 2 rings (SSSR count). The molecule has 1 aromatic carbocycles. The molecule has 0 spiro atoms. The van der Waals surface area contributed by atoms with Crippen molar-refractivity contribution in [2.45, 2.75) is 13.0 Å². The van der Waals surface area contributed by atoms with E-state index in [0.29, 0.717) is 10.7 Å². The molecule has 1 unspecified atom stereocenters. The van der Waals surface area contributed by atoms with Crippen LogP contribution in [0.25, 0.3) is 0 Å². The van der Waals surface area contributed by atoms with Gasteiger partial charge < -0.3 is 5.32 Å². The fourth-order valence-electron chi connectivity index (χ4n) is 1.60. The van der Waals surface area contributed by atoms with Gasteiger partial charge in [0.1, 0.15) is 0 Å². The van der Waals surface area contributed by atoms with Crippen molar-refractivity contribution in [2.75, 3.05) is 5.32 Å². The molecule has 0 amide bonds. The molecule has 88 valence electrons. The Labute approximate surface area is 104 Å². The topological polar surface area (TPSA) is 24.9 Å². The van der Waals surface area contributed by atoms with Gasteiger partial charge in [0.05, 0.1) is 0 Å². The minimum absolute atomic E-state index is 0.0514. The maximum Gasteiger partial charge on any atom is 0.214 e. The predicted octanol–water partition coefficient (Wildman–Crippen LogP) is 4.05. The molecule has 1 aromatic heterocycles. The maximum atomic E-state index is 12.9. The first-order valence-corrected chi connectivity index (χ1v) is 5.66. The van der Waals surface area contributed by atoms with E-state index >= 15 is 0 Å². The first-order valence-electron chi connectivity index (χ1n) is 5.29. The second-order valence-electron chi connectivity index (χ2n) is 3.79. The molecule has 17 heavy (non-hydrogen) atoms. The quantitative estimate of drug-likeness (QED) is 0.832. The average Bonchev–Trinajstić information content (AvgIpc) is 2.29. The Balaban J connectivity index is 2.14.